The number of nitrogens with zero attached hydrogens (tertiary/aromatic N) is 1. The monoisotopic (exact) mass is 234 g/mol. The van der Waals surface area contributed by atoms with Crippen LogP contribution in [-0.2, 0) is 6.54 Å². The van der Waals surface area contributed by atoms with Crippen molar-refractivity contribution in [3.05, 3.63) is 23.9 Å². The maximum atomic E-state index is 5.80. The molecule has 0 aliphatic heterocycles. The number of hydrogen-bond donors (Lipinski definition) is 1. The van der Waals surface area contributed by atoms with Gasteiger partial charge in [-0.05, 0) is 37.3 Å². The predicted molar refractivity (Wildman–Crippen MR) is 69.0 cm³/mol. The molecule has 1 aromatic rings. The van der Waals surface area contributed by atoms with Gasteiger partial charge in [0.2, 0.25) is 5.88 Å². The lowest BCUT2D eigenvalue weighted by atomic mass is 10.1. The van der Waals surface area contributed by atoms with E-state index in [9.17, 15) is 0 Å². The van der Waals surface area contributed by atoms with E-state index in [-0.39, 0.29) is 6.10 Å². The van der Waals surface area contributed by atoms with Crippen molar-refractivity contribution in [3.63, 3.8) is 0 Å². The van der Waals surface area contributed by atoms with Gasteiger partial charge in [-0.15, -0.1) is 0 Å². The number of pyridine rings is 1. The molecule has 1 N–H and O–H groups in total. The fraction of sp³-hybridized carbons (Fsp3) is 0.643. The third-order valence-corrected chi connectivity index (χ3v) is 3.22. The normalized spacial score (nSPS) is 17.2. The lowest BCUT2D eigenvalue weighted by Crippen LogP contribution is -2.19. The zero-order valence-corrected chi connectivity index (χ0v) is 10.9. The van der Waals surface area contributed by atoms with Gasteiger partial charge in [-0.25, -0.2) is 4.98 Å². The van der Waals surface area contributed by atoms with Gasteiger partial charge in [0.05, 0.1) is 6.10 Å². The van der Waals surface area contributed by atoms with E-state index in [1.807, 2.05) is 18.3 Å². The molecule has 1 aromatic heterocycles. The molecule has 0 radical (unpaired) electrons. The van der Waals surface area contributed by atoms with Crippen LogP contribution in [-0.4, -0.2) is 17.1 Å². The van der Waals surface area contributed by atoms with Gasteiger partial charge < -0.3 is 10.1 Å². The largest absolute Gasteiger partial charge is 0.474 e. The minimum absolute atomic E-state index is 0.203. The Morgan fingerprint density at radius 1 is 1.41 bits per heavy atom. The summed E-state index contributed by atoms with van der Waals surface area (Å²) in [5.41, 5.74) is 1.25. The van der Waals surface area contributed by atoms with Crippen LogP contribution in [0.5, 0.6) is 5.88 Å². The van der Waals surface area contributed by atoms with Crippen molar-refractivity contribution in [2.75, 3.05) is 0 Å². The summed E-state index contributed by atoms with van der Waals surface area (Å²) in [6.45, 7) is 7.31. The van der Waals surface area contributed by atoms with E-state index in [1.54, 1.807) is 0 Å². The fourth-order valence-corrected chi connectivity index (χ4v) is 1.50. The standard InChI is InChI=1S/C14H22N2O/c1-10(2)11(3)17-14-8-12(6-7-15-14)9-16-13-4-5-13/h6-8,10-11,13,16H,4-5,9H2,1-3H3. The first-order valence-electron chi connectivity index (χ1n) is 6.50. The van der Waals surface area contributed by atoms with Gasteiger partial charge in [-0.2, -0.15) is 0 Å². The van der Waals surface area contributed by atoms with Crippen molar-refractivity contribution in [1.29, 1.82) is 0 Å². The van der Waals surface area contributed by atoms with Gasteiger partial charge in [0.25, 0.3) is 0 Å². The highest BCUT2D eigenvalue weighted by Gasteiger charge is 2.20. The van der Waals surface area contributed by atoms with E-state index in [4.69, 9.17) is 4.74 Å². The molecule has 1 unspecified atom stereocenters. The van der Waals surface area contributed by atoms with Crippen LogP contribution in [0.3, 0.4) is 0 Å². The number of ether oxygens (including phenoxy) is 1. The smallest absolute Gasteiger partial charge is 0.213 e. The van der Waals surface area contributed by atoms with Gasteiger partial charge in [-0.1, -0.05) is 13.8 Å². The zero-order chi connectivity index (χ0) is 12.3. The second-order valence-electron chi connectivity index (χ2n) is 5.22. The lowest BCUT2D eigenvalue weighted by Gasteiger charge is -2.17. The van der Waals surface area contributed by atoms with Crippen LogP contribution in [0.1, 0.15) is 39.2 Å². The zero-order valence-electron chi connectivity index (χ0n) is 10.9. The molecular weight excluding hydrogens is 212 g/mol. The number of aromatic nitrogens is 1. The Labute approximate surface area is 104 Å². The molecule has 1 aliphatic carbocycles. The Bertz CT molecular complexity index is 361. The molecule has 1 atom stereocenters. The summed E-state index contributed by atoms with van der Waals surface area (Å²) in [5.74, 6) is 1.24. The molecule has 1 fully saturated rings. The summed E-state index contributed by atoms with van der Waals surface area (Å²) in [7, 11) is 0. The number of hydrogen-bond acceptors (Lipinski definition) is 3. The molecule has 2 rings (SSSR count). The SMILES string of the molecule is CC(C)C(C)Oc1cc(CNC2CC2)ccn1. The maximum Gasteiger partial charge on any atom is 0.213 e. The van der Waals surface area contributed by atoms with E-state index in [0.29, 0.717) is 5.92 Å². The van der Waals surface area contributed by atoms with Gasteiger partial charge in [0.15, 0.2) is 0 Å². The molecule has 1 aliphatic rings. The van der Waals surface area contributed by atoms with Crippen molar-refractivity contribution in [2.45, 2.75) is 52.3 Å². The Morgan fingerprint density at radius 3 is 2.82 bits per heavy atom. The van der Waals surface area contributed by atoms with Crippen molar-refractivity contribution >= 4 is 0 Å². The number of rotatable bonds is 6. The summed E-state index contributed by atoms with van der Waals surface area (Å²) in [5, 5.41) is 3.49. The highest BCUT2D eigenvalue weighted by Crippen LogP contribution is 2.20. The highest BCUT2D eigenvalue weighted by molar-refractivity contribution is 5.20. The quantitative estimate of drug-likeness (QED) is 0.822. The molecular formula is C14H22N2O. The average Bonchev–Trinajstić information content (AvgIpc) is 3.10. The average molecular weight is 234 g/mol. The van der Waals surface area contributed by atoms with E-state index in [0.717, 1.165) is 18.5 Å². The number of nitrogens with one attached hydrogen (secondary N) is 1. The molecule has 94 valence electrons. The van der Waals surface area contributed by atoms with E-state index in [2.05, 4.69) is 31.1 Å². The van der Waals surface area contributed by atoms with E-state index >= 15 is 0 Å². The second kappa shape index (κ2) is 5.50. The molecule has 1 saturated carbocycles. The molecule has 0 aromatic carbocycles. The van der Waals surface area contributed by atoms with E-state index < -0.39 is 0 Å². The fourth-order valence-electron chi connectivity index (χ4n) is 1.50. The summed E-state index contributed by atoms with van der Waals surface area (Å²) < 4.78 is 5.80. The summed E-state index contributed by atoms with van der Waals surface area (Å²) in [6, 6.07) is 4.82. The first kappa shape index (κ1) is 12.4. The molecule has 0 spiro atoms. The minimum atomic E-state index is 0.203. The maximum absolute atomic E-state index is 5.80. The van der Waals surface area contributed by atoms with Crippen molar-refractivity contribution in [2.24, 2.45) is 5.92 Å². The Kier molecular flexibility index (Phi) is 4.00. The van der Waals surface area contributed by atoms with Crippen molar-refractivity contribution in [3.8, 4) is 5.88 Å². The van der Waals surface area contributed by atoms with Crippen LogP contribution in [0.25, 0.3) is 0 Å². The van der Waals surface area contributed by atoms with Crippen LogP contribution in [0.4, 0.5) is 0 Å². The third kappa shape index (κ3) is 4.00. The molecule has 0 saturated heterocycles. The second-order valence-corrected chi connectivity index (χ2v) is 5.22. The first-order valence-corrected chi connectivity index (χ1v) is 6.50. The molecule has 0 amide bonds. The Morgan fingerprint density at radius 2 is 2.18 bits per heavy atom. The minimum Gasteiger partial charge on any atom is -0.474 e. The third-order valence-electron chi connectivity index (χ3n) is 3.22. The van der Waals surface area contributed by atoms with Crippen molar-refractivity contribution in [1.82, 2.24) is 10.3 Å². The summed E-state index contributed by atoms with van der Waals surface area (Å²) in [4.78, 5) is 4.25. The molecule has 3 heteroatoms. The topological polar surface area (TPSA) is 34.1 Å². The van der Waals surface area contributed by atoms with Crippen LogP contribution in [0.2, 0.25) is 0 Å². The summed E-state index contributed by atoms with van der Waals surface area (Å²) >= 11 is 0. The molecule has 3 nitrogen and oxygen atoms in total. The molecule has 0 bridgehead atoms. The van der Waals surface area contributed by atoms with Gasteiger partial charge >= 0.3 is 0 Å². The van der Waals surface area contributed by atoms with Crippen LogP contribution < -0.4 is 10.1 Å². The lowest BCUT2D eigenvalue weighted by molar-refractivity contribution is 0.163. The van der Waals surface area contributed by atoms with Crippen LogP contribution in [0, 0.1) is 5.92 Å². The molecule has 1 heterocycles. The molecule has 17 heavy (non-hydrogen) atoms. The van der Waals surface area contributed by atoms with E-state index in [1.165, 1.54) is 18.4 Å². The van der Waals surface area contributed by atoms with Gasteiger partial charge in [0.1, 0.15) is 0 Å². The predicted octanol–water partition coefficient (Wildman–Crippen LogP) is 2.76. The van der Waals surface area contributed by atoms with Crippen LogP contribution >= 0.6 is 0 Å². The highest BCUT2D eigenvalue weighted by atomic mass is 16.5. The Hall–Kier alpha value is -1.09. The Balaban J connectivity index is 1.90. The van der Waals surface area contributed by atoms with Gasteiger partial charge in [-0.3, -0.25) is 0 Å². The summed E-state index contributed by atoms with van der Waals surface area (Å²) in [6.07, 6.45) is 4.67. The first-order chi connectivity index (χ1) is 8.15. The van der Waals surface area contributed by atoms with Gasteiger partial charge in [0, 0.05) is 24.8 Å². The van der Waals surface area contributed by atoms with Crippen LogP contribution in [0.15, 0.2) is 18.3 Å². The van der Waals surface area contributed by atoms with Crippen molar-refractivity contribution < 1.29 is 4.74 Å².